The molecule has 0 atom stereocenters. The van der Waals surface area contributed by atoms with Crippen LogP contribution in [0.4, 0.5) is 5.82 Å². The molecule has 0 aliphatic heterocycles. The van der Waals surface area contributed by atoms with Gasteiger partial charge in [0, 0.05) is 28.5 Å². The lowest BCUT2D eigenvalue weighted by Gasteiger charge is -2.24. The second-order valence-electron chi connectivity index (χ2n) is 6.40. The van der Waals surface area contributed by atoms with Crippen LogP contribution in [0.25, 0.3) is 22.3 Å². The Balaban J connectivity index is 1.87. The van der Waals surface area contributed by atoms with Crippen LogP contribution in [0.2, 0.25) is 0 Å². The van der Waals surface area contributed by atoms with Crippen LogP contribution in [0.15, 0.2) is 83.3 Å². The molecule has 0 saturated carbocycles. The van der Waals surface area contributed by atoms with Crippen LogP contribution in [0.1, 0.15) is 12.5 Å². The van der Waals surface area contributed by atoms with Crippen LogP contribution in [0, 0.1) is 0 Å². The molecule has 3 nitrogen and oxygen atoms in total. The van der Waals surface area contributed by atoms with Crippen LogP contribution in [-0.2, 0) is 6.54 Å². The van der Waals surface area contributed by atoms with E-state index >= 15 is 0 Å². The predicted molar refractivity (Wildman–Crippen MR) is 116 cm³/mol. The van der Waals surface area contributed by atoms with Crippen LogP contribution < -0.4 is 4.90 Å². The molecule has 0 spiro atoms. The molecular formula is C23H20BrN3. The molecule has 27 heavy (non-hydrogen) atoms. The molecule has 0 N–H and O–H groups in total. The van der Waals surface area contributed by atoms with Crippen molar-refractivity contribution in [1.82, 2.24) is 9.97 Å². The van der Waals surface area contributed by atoms with Crippen LogP contribution in [-0.4, -0.2) is 16.5 Å². The highest BCUT2D eigenvalue weighted by Gasteiger charge is 2.15. The van der Waals surface area contributed by atoms with E-state index in [1.54, 1.807) is 0 Å². The zero-order chi connectivity index (χ0) is 18.6. The number of aromatic nitrogens is 2. The minimum atomic E-state index is 0.756. The van der Waals surface area contributed by atoms with Crippen molar-refractivity contribution in [3.63, 3.8) is 0 Å². The first-order chi connectivity index (χ1) is 13.2. The van der Waals surface area contributed by atoms with Gasteiger partial charge in [0.05, 0.1) is 5.52 Å². The largest absolute Gasteiger partial charge is 0.352 e. The molecule has 4 rings (SSSR count). The van der Waals surface area contributed by atoms with Crippen molar-refractivity contribution in [3.05, 3.63) is 88.9 Å². The molecular weight excluding hydrogens is 398 g/mol. The maximum absolute atomic E-state index is 4.97. The van der Waals surface area contributed by atoms with Gasteiger partial charge >= 0.3 is 0 Å². The Labute approximate surface area is 167 Å². The van der Waals surface area contributed by atoms with E-state index in [2.05, 4.69) is 70.2 Å². The van der Waals surface area contributed by atoms with Crippen molar-refractivity contribution in [1.29, 1.82) is 0 Å². The summed E-state index contributed by atoms with van der Waals surface area (Å²) in [6.45, 7) is 3.84. The van der Waals surface area contributed by atoms with E-state index in [-0.39, 0.29) is 0 Å². The van der Waals surface area contributed by atoms with Gasteiger partial charge in [-0.05, 0) is 30.7 Å². The maximum atomic E-state index is 4.97. The van der Waals surface area contributed by atoms with Gasteiger partial charge in [0.1, 0.15) is 5.82 Å². The van der Waals surface area contributed by atoms with Crippen molar-refractivity contribution in [3.8, 4) is 11.4 Å². The van der Waals surface area contributed by atoms with Crippen LogP contribution in [0.3, 0.4) is 0 Å². The third-order valence-corrected chi connectivity index (χ3v) is 5.06. The molecule has 0 saturated heterocycles. The first-order valence-corrected chi connectivity index (χ1v) is 9.85. The number of benzene rings is 3. The van der Waals surface area contributed by atoms with Gasteiger partial charge in [-0.3, -0.25) is 0 Å². The average Bonchev–Trinajstić information content (AvgIpc) is 2.73. The quantitative estimate of drug-likeness (QED) is 0.393. The highest BCUT2D eigenvalue weighted by atomic mass is 79.9. The second-order valence-corrected chi connectivity index (χ2v) is 7.31. The van der Waals surface area contributed by atoms with E-state index in [4.69, 9.17) is 9.97 Å². The molecule has 0 bridgehead atoms. The molecule has 0 aliphatic rings. The van der Waals surface area contributed by atoms with Gasteiger partial charge in [-0.1, -0.05) is 76.6 Å². The Morgan fingerprint density at radius 2 is 1.56 bits per heavy atom. The standard InChI is InChI=1S/C23H20BrN3/c1-2-27(16-17-9-5-3-6-10-17)23-20-15-19(24)13-14-21(20)25-22(26-23)18-11-7-4-8-12-18/h3-15H,2,16H2,1H3. The van der Waals surface area contributed by atoms with Crippen LogP contribution in [0.5, 0.6) is 0 Å². The number of hydrogen-bond donors (Lipinski definition) is 0. The van der Waals surface area contributed by atoms with E-state index in [1.807, 2.05) is 36.4 Å². The third kappa shape index (κ3) is 3.86. The van der Waals surface area contributed by atoms with Gasteiger partial charge in [-0.15, -0.1) is 0 Å². The van der Waals surface area contributed by atoms with E-state index in [0.29, 0.717) is 0 Å². The minimum Gasteiger partial charge on any atom is -0.352 e. The zero-order valence-corrected chi connectivity index (χ0v) is 16.7. The van der Waals surface area contributed by atoms with E-state index in [1.165, 1.54) is 5.56 Å². The highest BCUT2D eigenvalue weighted by Crippen LogP contribution is 2.30. The lowest BCUT2D eigenvalue weighted by atomic mass is 10.1. The molecule has 1 heterocycles. The number of hydrogen-bond acceptors (Lipinski definition) is 3. The number of rotatable bonds is 5. The van der Waals surface area contributed by atoms with Gasteiger partial charge in [-0.2, -0.15) is 0 Å². The number of anilines is 1. The Hall–Kier alpha value is -2.72. The van der Waals surface area contributed by atoms with E-state index < -0.39 is 0 Å². The molecule has 4 aromatic rings. The molecule has 0 radical (unpaired) electrons. The lowest BCUT2D eigenvalue weighted by Crippen LogP contribution is -2.23. The molecule has 134 valence electrons. The summed E-state index contributed by atoms with van der Waals surface area (Å²) in [6, 6.07) is 26.8. The third-order valence-electron chi connectivity index (χ3n) is 4.57. The molecule has 0 fully saturated rings. The van der Waals surface area contributed by atoms with Crippen molar-refractivity contribution >= 4 is 32.7 Å². The minimum absolute atomic E-state index is 0.756. The highest BCUT2D eigenvalue weighted by molar-refractivity contribution is 9.10. The summed E-state index contributed by atoms with van der Waals surface area (Å²) >= 11 is 3.59. The molecule has 4 heteroatoms. The molecule has 0 unspecified atom stereocenters. The SMILES string of the molecule is CCN(Cc1ccccc1)c1nc(-c2ccccc2)nc2ccc(Br)cc12. The van der Waals surface area contributed by atoms with Gasteiger partial charge < -0.3 is 4.90 Å². The summed E-state index contributed by atoms with van der Waals surface area (Å²) in [5.41, 5.74) is 3.25. The van der Waals surface area contributed by atoms with Crippen molar-refractivity contribution < 1.29 is 0 Å². The number of nitrogens with zero attached hydrogens (tertiary/aromatic N) is 3. The first kappa shape index (κ1) is 17.7. The second kappa shape index (κ2) is 7.89. The lowest BCUT2D eigenvalue weighted by molar-refractivity contribution is 0.817. The summed E-state index contributed by atoms with van der Waals surface area (Å²) in [5.74, 6) is 1.72. The fourth-order valence-corrected chi connectivity index (χ4v) is 3.54. The predicted octanol–water partition coefficient (Wildman–Crippen LogP) is 6.09. The summed E-state index contributed by atoms with van der Waals surface area (Å²) < 4.78 is 1.03. The summed E-state index contributed by atoms with van der Waals surface area (Å²) in [7, 11) is 0. The Bertz CT molecular complexity index is 1050. The number of fused-ring (bicyclic) bond motifs is 1. The maximum Gasteiger partial charge on any atom is 0.162 e. The van der Waals surface area contributed by atoms with Crippen molar-refractivity contribution in [2.24, 2.45) is 0 Å². The Morgan fingerprint density at radius 1 is 0.852 bits per heavy atom. The van der Waals surface area contributed by atoms with Gasteiger partial charge in [-0.25, -0.2) is 9.97 Å². The molecule has 3 aromatic carbocycles. The molecule has 0 aliphatic carbocycles. The molecule has 1 aromatic heterocycles. The van der Waals surface area contributed by atoms with Crippen molar-refractivity contribution in [2.45, 2.75) is 13.5 Å². The Morgan fingerprint density at radius 3 is 2.26 bits per heavy atom. The summed E-state index contributed by atoms with van der Waals surface area (Å²) in [5, 5.41) is 1.06. The van der Waals surface area contributed by atoms with E-state index in [0.717, 1.165) is 45.7 Å². The summed E-state index contributed by atoms with van der Waals surface area (Å²) in [6.07, 6.45) is 0. The van der Waals surface area contributed by atoms with Gasteiger partial charge in [0.15, 0.2) is 5.82 Å². The average molecular weight is 418 g/mol. The summed E-state index contributed by atoms with van der Waals surface area (Å²) in [4.78, 5) is 12.1. The smallest absolute Gasteiger partial charge is 0.162 e. The fourth-order valence-electron chi connectivity index (χ4n) is 3.18. The van der Waals surface area contributed by atoms with Crippen LogP contribution >= 0.6 is 15.9 Å². The number of halogens is 1. The Kier molecular flexibility index (Phi) is 5.16. The van der Waals surface area contributed by atoms with Gasteiger partial charge in [0.25, 0.3) is 0 Å². The van der Waals surface area contributed by atoms with Crippen molar-refractivity contribution in [2.75, 3.05) is 11.4 Å². The normalized spacial score (nSPS) is 10.9. The monoisotopic (exact) mass is 417 g/mol. The first-order valence-electron chi connectivity index (χ1n) is 9.06. The molecule has 0 amide bonds. The van der Waals surface area contributed by atoms with Gasteiger partial charge in [0.2, 0.25) is 0 Å². The van der Waals surface area contributed by atoms with E-state index in [9.17, 15) is 0 Å². The topological polar surface area (TPSA) is 29.0 Å². The fraction of sp³-hybridized carbons (Fsp3) is 0.130. The zero-order valence-electron chi connectivity index (χ0n) is 15.1.